The molecule has 1 aromatic heterocycles. The van der Waals surface area contributed by atoms with E-state index in [0.717, 1.165) is 29.4 Å². The van der Waals surface area contributed by atoms with E-state index in [1.807, 2.05) is 37.3 Å². The molecule has 0 radical (unpaired) electrons. The molecule has 0 aliphatic carbocycles. The van der Waals surface area contributed by atoms with E-state index in [-0.39, 0.29) is 30.1 Å². The summed E-state index contributed by atoms with van der Waals surface area (Å²) in [6.45, 7) is 2.97. The second-order valence-electron chi connectivity index (χ2n) is 7.89. The number of carbonyl (C=O) groups is 1. The van der Waals surface area contributed by atoms with Crippen molar-refractivity contribution >= 4 is 11.9 Å². The molecule has 1 fully saturated rings. The molecule has 156 valence electrons. The summed E-state index contributed by atoms with van der Waals surface area (Å²) in [6, 6.07) is 7.46. The summed E-state index contributed by atoms with van der Waals surface area (Å²) in [5, 5.41) is 6.86. The lowest BCUT2D eigenvalue weighted by molar-refractivity contribution is -0.175. The third kappa shape index (κ3) is 3.95. The molecule has 0 bridgehead atoms. The van der Waals surface area contributed by atoms with Crippen molar-refractivity contribution in [3.05, 3.63) is 42.2 Å². The summed E-state index contributed by atoms with van der Waals surface area (Å²) in [7, 11) is 0. The van der Waals surface area contributed by atoms with Gasteiger partial charge in [0.25, 0.3) is 0 Å². The molecule has 1 saturated heterocycles. The van der Waals surface area contributed by atoms with Crippen LogP contribution < -0.4 is 5.32 Å². The van der Waals surface area contributed by atoms with E-state index >= 15 is 0 Å². The number of nitrogens with zero attached hydrogens (tertiary/aromatic N) is 4. The Morgan fingerprint density at radius 2 is 2.03 bits per heavy atom. The van der Waals surface area contributed by atoms with Crippen LogP contribution in [0.3, 0.4) is 0 Å². The zero-order valence-electron chi connectivity index (χ0n) is 16.1. The summed E-state index contributed by atoms with van der Waals surface area (Å²) in [5.41, 5.74) is 0.945. The first-order valence-electron chi connectivity index (χ1n) is 9.91. The van der Waals surface area contributed by atoms with Crippen molar-refractivity contribution in [3.63, 3.8) is 0 Å². The van der Waals surface area contributed by atoms with Crippen LogP contribution in [0.5, 0.6) is 0 Å². The number of halogens is 3. The maximum absolute atomic E-state index is 13.6. The van der Waals surface area contributed by atoms with Gasteiger partial charge in [0.15, 0.2) is 6.04 Å². The summed E-state index contributed by atoms with van der Waals surface area (Å²) >= 11 is 0. The van der Waals surface area contributed by atoms with Crippen molar-refractivity contribution in [2.24, 2.45) is 5.92 Å². The minimum atomic E-state index is -4.39. The molecule has 6 nitrogen and oxygen atoms in total. The Morgan fingerprint density at radius 3 is 2.76 bits per heavy atom. The monoisotopic (exact) mass is 407 g/mol. The maximum atomic E-state index is 13.6. The van der Waals surface area contributed by atoms with Crippen LogP contribution in [0.15, 0.2) is 36.7 Å². The normalized spacial score (nSPS) is 25.8. The molecule has 4 rings (SSSR count). The van der Waals surface area contributed by atoms with Crippen LogP contribution in [0.1, 0.15) is 43.7 Å². The first-order chi connectivity index (χ1) is 13.8. The fourth-order valence-corrected chi connectivity index (χ4v) is 4.43. The molecule has 29 heavy (non-hydrogen) atoms. The molecule has 0 saturated carbocycles. The van der Waals surface area contributed by atoms with Crippen LogP contribution in [-0.2, 0) is 4.79 Å². The minimum Gasteiger partial charge on any atom is -0.351 e. The molecule has 0 spiro atoms. The van der Waals surface area contributed by atoms with Crippen LogP contribution in [0.2, 0.25) is 0 Å². The smallest absolute Gasteiger partial charge is 0.351 e. The number of nitrogens with one attached hydrogen (secondary N) is 1. The van der Waals surface area contributed by atoms with Gasteiger partial charge in [-0.1, -0.05) is 30.3 Å². The predicted molar refractivity (Wildman–Crippen MR) is 101 cm³/mol. The van der Waals surface area contributed by atoms with E-state index in [4.69, 9.17) is 0 Å². The lowest BCUT2D eigenvalue weighted by Gasteiger charge is -2.41. The Labute approximate surface area is 167 Å². The largest absolute Gasteiger partial charge is 0.411 e. The van der Waals surface area contributed by atoms with E-state index in [0.29, 0.717) is 13.1 Å². The summed E-state index contributed by atoms with van der Waals surface area (Å²) in [5.74, 6) is -0.178. The number of hydrogen-bond donors (Lipinski definition) is 1. The van der Waals surface area contributed by atoms with Gasteiger partial charge in [0.05, 0.1) is 5.92 Å². The molecule has 2 aliphatic rings. The first-order valence-corrected chi connectivity index (χ1v) is 9.91. The molecule has 4 atom stereocenters. The Balaban J connectivity index is 1.48. The fraction of sp³-hybridized carbons (Fsp3) is 0.550. The Hall–Kier alpha value is -2.58. The molecule has 2 aromatic rings. The SMILES string of the molecule is CC(C(=O)N1CCCC([C@@H]2C[C@H](C(F)(F)F)n3ncnc3N2)C1)c1ccccc1. The van der Waals surface area contributed by atoms with Gasteiger partial charge < -0.3 is 10.2 Å². The summed E-state index contributed by atoms with van der Waals surface area (Å²) in [6.07, 6.45) is -1.81. The van der Waals surface area contributed by atoms with E-state index in [2.05, 4.69) is 15.4 Å². The van der Waals surface area contributed by atoms with Crippen LogP contribution in [-0.4, -0.2) is 50.9 Å². The molecule has 3 heterocycles. The van der Waals surface area contributed by atoms with Crippen LogP contribution in [0.4, 0.5) is 19.1 Å². The lowest BCUT2D eigenvalue weighted by Crippen LogP contribution is -2.50. The quantitative estimate of drug-likeness (QED) is 0.844. The van der Waals surface area contributed by atoms with Gasteiger partial charge in [-0.05, 0) is 37.7 Å². The zero-order valence-corrected chi connectivity index (χ0v) is 16.1. The second-order valence-corrected chi connectivity index (χ2v) is 7.89. The van der Waals surface area contributed by atoms with Gasteiger partial charge in [-0.3, -0.25) is 4.79 Å². The van der Waals surface area contributed by atoms with Crippen molar-refractivity contribution in [1.29, 1.82) is 0 Å². The van der Waals surface area contributed by atoms with Gasteiger partial charge in [0.2, 0.25) is 11.9 Å². The number of alkyl halides is 3. The highest BCUT2D eigenvalue weighted by Gasteiger charge is 2.48. The number of piperidine rings is 1. The van der Waals surface area contributed by atoms with E-state index in [1.54, 1.807) is 4.90 Å². The summed E-state index contributed by atoms with van der Waals surface area (Å²) in [4.78, 5) is 18.8. The highest BCUT2D eigenvalue weighted by Crippen LogP contribution is 2.41. The molecule has 1 aromatic carbocycles. The Kier molecular flexibility index (Phi) is 5.23. The Bertz CT molecular complexity index is 853. The number of rotatable bonds is 3. The van der Waals surface area contributed by atoms with E-state index in [9.17, 15) is 18.0 Å². The zero-order chi connectivity index (χ0) is 20.6. The standard InChI is InChI=1S/C20H24F3N5O/c1-13(14-6-3-2-4-7-14)18(29)27-9-5-8-15(11-27)16-10-17(20(21,22)23)28-19(26-16)24-12-25-28/h2-4,6-7,12-13,15-17H,5,8-11H2,1H3,(H,24,25,26)/t13?,15?,16-,17+/m0/s1. The van der Waals surface area contributed by atoms with E-state index < -0.39 is 18.3 Å². The number of likely N-dealkylation sites (tertiary alicyclic amines) is 1. The number of carbonyl (C=O) groups excluding carboxylic acids is 1. The molecule has 2 aliphatic heterocycles. The number of hydrogen-bond acceptors (Lipinski definition) is 4. The number of aromatic nitrogens is 3. The van der Waals surface area contributed by atoms with Crippen molar-refractivity contribution in [1.82, 2.24) is 19.7 Å². The average molecular weight is 407 g/mol. The molecule has 2 unspecified atom stereocenters. The molecular formula is C20H24F3N5O. The highest BCUT2D eigenvalue weighted by molar-refractivity contribution is 5.83. The van der Waals surface area contributed by atoms with Crippen molar-refractivity contribution in [2.75, 3.05) is 18.4 Å². The predicted octanol–water partition coefficient (Wildman–Crippen LogP) is 3.61. The third-order valence-corrected chi connectivity index (χ3v) is 6.05. The number of benzene rings is 1. The van der Waals surface area contributed by atoms with Crippen LogP contribution in [0.25, 0.3) is 0 Å². The fourth-order valence-electron chi connectivity index (χ4n) is 4.43. The van der Waals surface area contributed by atoms with Gasteiger partial charge in [0.1, 0.15) is 6.33 Å². The summed E-state index contributed by atoms with van der Waals surface area (Å²) < 4.78 is 41.6. The topological polar surface area (TPSA) is 63.1 Å². The molecule has 9 heteroatoms. The van der Waals surface area contributed by atoms with E-state index in [1.165, 1.54) is 0 Å². The van der Waals surface area contributed by atoms with Gasteiger partial charge >= 0.3 is 6.18 Å². The van der Waals surface area contributed by atoms with Crippen LogP contribution in [0, 0.1) is 5.92 Å². The minimum absolute atomic E-state index is 0.0206. The number of fused-ring (bicyclic) bond motifs is 1. The Morgan fingerprint density at radius 1 is 1.28 bits per heavy atom. The third-order valence-electron chi connectivity index (χ3n) is 6.05. The number of amides is 1. The molecule has 1 N–H and O–H groups in total. The first kappa shape index (κ1) is 19.7. The molecule has 1 amide bonds. The lowest BCUT2D eigenvalue weighted by atomic mass is 9.85. The van der Waals surface area contributed by atoms with Crippen molar-refractivity contribution in [2.45, 2.75) is 50.4 Å². The van der Waals surface area contributed by atoms with Gasteiger partial charge in [0, 0.05) is 19.1 Å². The van der Waals surface area contributed by atoms with Crippen molar-refractivity contribution in [3.8, 4) is 0 Å². The number of anilines is 1. The average Bonchev–Trinajstić information content (AvgIpc) is 3.20. The van der Waals surface area contributed by atoms with Crippen LogP contribution >= 0.6 is 0 Å². The van der Waals surface area contributed by atoms with Gasteiger partial charge in [-0.25, -0.2) is 4.68 Å². The molecular weight excluding hydrogens is 383 g/mol. The maximum Gasteiger partial charge on any atom is 0.411 e. The second kappa shape index (κ2) is 7.68. The van der Waals surface area contributed by atoms with Gasteiger partial charge in [-0.15, -0.1) is 0 Å². The van der Waals surface area contributed by atoms with Gasteiger partial charge in [-0.2, -0.15) is 23.3 Å². The van der Waals surface area contributed by atoms with Crippen molar-refractivity contribution < 1.29 is 18.0 Å². The highest BCUT2D eigenvalue weighted by atomic mass is 19.4.